The summed E-state index contributed by atoms with van der Waals surface area (Å²) in [6.45, 7) is 0. The van der Waals surface area contributed by atoms with E-state index < -0.39 is 0 Å². The fraction of sp³-hybridized carbons (Fsp3) is 0.615. The van der Waals surface area contributed by atoms with Crippen LogP contribution in [0.25, 0.3) is 0 Å². The lowest BCUT2D eigenvalue weighted by atomic mass is 10.00. The molecule has 2 atom stereocenters. The van der Waals surface area contributed by atoms with Gasteiger partial charge in [0.2, 0.25) is 0 Å². The minimum Gasteiger partial charge on any atom is -0.348 e. The second kappa shape index (κ2) is 5.85. The van der Waals surface area contributed by atoms with Gasteiger partial charge in [-0.05, 0) is 47.7 Å². The van der Waals surface area contributed by atoms with Crippen molar-refractivity contribution < 1.29 is 4.79 Å². The van der Waals surface area contributed by atoms with Gasteiger partial charge in [-0.15, -0.1) is 12.4 Å². The first-order valence-electron chi connectivity index (χ1n) is 6.50. The molecule has 0 aliphatic carbocycles. The van der Waals surface area contributed by atoms with Crippen molar-refractivity contribution in [2.75, 3.05) is 0 Å². The highest BCUT2D eigenvalue weighted by Gasteiger charge is 2.34. The van der Waals surface area contributed by atoms with Crippen LogP contribution in [0.1, 0.15) is 36.2 Å². The van der Waals surface area contributed by atoms with Crippen molar-refractivity contribution in [2.24, 2.45) is 7.05 Å². The molecule has 1 aromatic heterocycles. The molecule has 0 radical (unpaired) electrons. The molecular formula is C13H19BrClN3O. The lowest BCUT2D eigenvalue weighted by Crippen LogP contribution is -2.48. The highest BCUT2D eigenvalue weighted by molar-refractivity contribution is 9.10. The molecule has 2 bridgehead atoms. The van der Waals surface area contributed by atoms with Gasteiger partial charge >= 0.3 is 0 Å². The maximum Gasteiger partial charge on any atom is 0.268 e. The third kappa shape index (κ3) is 3.15. The molecule has 0 aromatic carbocycles. The number of carbonyl (C=O) groups excluding carboxylic acids is 1. The van der Waals surface area contributed by atoms with Gasteiger partial charge in [0.05, 0.1) is 0 Å². The molecule has 2 aliphatic heterocycles. The smallest absolute Gasteiger partial charge is 0.268 e. The molecule has 2 fully saturated rings. The van der Waals surface area contributed by atoms with Crippen molar-refractivity contribution in [1.29, 1.82) is 0 Å². The summed E-state index contributed by atoms with van der Waals surface area (Å²) in [5.41, 5.74) is 0.716. The van der Waals surface area contributed by atoms with Crippen LogP contribution in [-0.2, 0) is 7.05 Å². The molecule has 4 nitrogen and oxygen atoms in total. The molecule has 0 spiro atoms. The topological polar surface area (TPSA) is 46.1 Å². The maximum atomic E-state index is 12.2. The highest BCUT2D eigenvalue weighted by Crippen LogP contribution is 2.27. The number of rotatable bonds is 2. The van der Waals surface area contributed by atoms with E-state index in [0.29, 0.717) is 23.8 Å². The number of amides is 1. The van der Waals surface area contributed by atoms with Crippen molar-refractivity contribution in [1.82, 2.24) is 15.2 Å². The van der Waals surface area contributed by atoms with Crippen LogP contribution in [0, 0.1) is 0 Å². The Kier molecular flexibility index (Phi) is 4.58. The van der Waals surface area contributed by atoms with E-state index in [1.807, 2.05) is 23.9 Å². The maximum absolute atomic E-state index is 12.2. The number of hydrogen-bond donors (Lipinski definition) is 2. The first kappa shape index (κ1) is 14.9. The van der Waals surface area contributed by atoms with Gasteiger partial charge in [0, 0.05) is 35.8 Å². The Balaban J connectivity index is 0.00000133. The highest BCUT2D eigenvalue weighted by atomic mass is 79.9. The lowest BCUT2D eigenvalue weighted by Gasteiger charge is -2.29. The molecule has 1 amide bonds. The van der Waals surface area contributed by atoms with Crippen molar-refractivity contribution in [3.8, 4) is 0 Å². The molecule has 19 heavy (non-hydrogen) atoms. The summed E-state index contributed by atoms with van der Waals surface area (Å²) in [4.78, 5) is 12.2. The Morgan fingerprint density at radius 3 is 2.58 bits per heavy atom. The second-order valence-electron chi connectivity index (χ2n) is 5.43. The Bertz CT molecular complexity index is 464. The molecule has 2 unspecified atom stereocenters. The average Bonchev–Trinajstić information content (AvgIpc) is 2.81. The predicted molar refractivity (Wildman–Crippen MR) is 80.8 cm³/mol. The fourth-order valence-corrected chi connectivity index (χ4v) is 3.71. The fourth-order valence-electron chi connectivity index (χ4n) is 3.18. The van der Waals surface area contributed by atoms with E-state index in [1.165, 1.54) is 12.8 Å². The second-order valence-corrected chi connectivity index (χ2v) is 6.35. The predicted octanol–water partition coefficient (Wildman–Crippen LogP) is 2.22. The standard InChI is InChI=1S/C13H18BrN3O.ClH/c1-17-7-8(14)4-12(17)13(18)16-11-5-9-2-3-10(6-11)15-9;/h4,7,9-11,15H,2-3,5-6H2,1H3,(H,16,18);1H. The quantitative estimate of drug-likeness (QED) is 0.861. The summed E-state index contributed by atoms with van der Waals surface area (Å²) < 4.78 is 2.80. The van der Waals surface area contributed by atoms with Crippen molar-refractivity contribution in [3.05, 3.63) is 22.4 Å². The molecule has 2 aliphatic rings. The van der Waals surface area contributed by atoms with Gasteiger partial charge in [-0.2, -0.15) is 0 Å². The number of halogens is 2. The summed E-state index contributed by atoms with van der Waals surface area (Å²) in [6, 6.07) is 3.40. The summed E-state index contributed by atoms with van der Waals surface area (Å²) in [6.07, 6.45) is 6.54. The minimum absolute atomic E-state index is 0. The zero-order valence-electron chi connectivity index (χ0n) is 10.9. The van der Waals surface area contributed by atoms with Gasteiger partial charge < -0.3 is 15.2 Å². The summed E-state index contributed by atoms with van der Waals surface area (Å²) in [7, 11) is 1.89. The summed E-state index contributed by atoms with van der Waals surface area (Å²) >= 11 is 3.39. The van der Waals surface area contributed by atoms with E-state index in [-0.39, 0.29) is 18.3 Å². The van der Waals surface area contributed by atoms with Gasteiger partial charge in [-0.25, -0.2) is 0 Å². The van der Waals surface area contributed by atoms with Gasteiger partial charge in [0.25, 0.3) is 5.91 Å². The molecule has 106 valence electrons. The monoisotopic (exact) mass is 347 g/mol. The van der Waals surface area contributed by atoms with Crippen LogP contribution in [-0.4, -0.2) is 28.6 Å². The Morgan fingerprint density at radius 2 is 2.05 bits per heavy atom. The van der Waals surface area contributed by atoms with E-state index in [9.17, 15) is 4.79 Å². The van der Waals surface area contributed by atoms with Crippen LogP contribution in [0.3, 0.4) is 0 Å². The Hall–Kier alpha value is -0.520. The molecular weight excluding hydrogens is 330 g/mol. The Morgan fingerprint density at radius 1 is 1.42 bits per heavy atom. The normalized spacial score (nSPS) is 28.8. The number of piperidine rings is 1. The van der Waals surface area contributed by atoms with Crippen LogP contribution < -0.4 is 10.6 Å². The average molecular weight is 349 g/mol. The molecule has 0 saturated carbocycles. The molecule has 3 rings (SSSR count). The van der Waals surface area contributed by atoms with E-state index >= 15 is 0 Å². The largest absolute Gasteiger partial charge is 0.348 e. The SMILES string of the molecule is Cl.Cn1cc(Br)cc1C(=O)NC1CC2CCC(C1)N2. The number of fused-ring (bicyclic) bond motifs is 2. The summed E-state index contributed by atoms with van der Waals surface area (Å²) in [5, 5.41) is 6.75. The molecule has 3 heterocycles. The van der Waals surface area contributed by atoms with Gasteiger partial charge in [-0.1, -0.05) is 0 Å². The van der Waals surface area contributed by atoms with Crippen LogP contribution in [0.2, 0.25) is 0 Å². The third-order valence-electron chi connectivity index (χ3n) is 4.01. The van der Waals surface area contributed by atoms with Gasteiger partial charge in [-0.3, -0.25) is 4.79 Å². The number of aromatic nitrogens is 1. The van der Waals surface area contributed by atoms with Crippen LogP contribution in [0.5, 0.6) is 0 Å². The zero-order valence-corrected chi connectivity index (χ0v) is 13.3. The summed E-state index contributed by atoms with van der Waals surface area (Å²) in [5.74, 6) is 0.0366. The van der Waals surface area contributed by atoms with Gasteiger partial charge in [0.1, 0.15) is 5.69 Å². The number of hydrogen-bond acceptors (Lipinski definition) is 2. The number of nitrogens with zero attached hydrogens (tertiary/aromatic N) is 1. The van der Waals surface area contributed by atoms with Crippen LogP contribution >= 0.6 is 28.3 Å². The van der Waals surface area contributed by atoms with Gasteiger partial charge in [0.15, 0.2) is 0 Å². The molecule has 1 aromatic rings. The van der Waals surface area contributed by atoms with Crippen LogP contribution in [0.4, 0.5) is 0 Å². The number of carbonyl (C=O) groups is 1. The van der Waals surface area contributed by atoms with E-state index in [2.05, 4.69) is 26.6 Å². The first-order chi connectivity index (χ1) is 8.61. The molecule has 2 saturated heterocycles. The number of nitrogens with one attached hydrogen (secondary N) is 2. The number of aryl methyl sites for hydroxylation is 1. The van der Waals surface area contributed by atoms with Crippen molar-refractivity contribution >= 4 is 34.2 Å². The minimum atomic E-state index is 0. The van der Waals surface area contributed by atoms with E-state index in [4.69, 9.17) is 0 Å². The third-order valence-corrected chi connectivity index (χ3v) is 4.45. The van der Waals surface area contributed by atoms with Crippen LogP contribution in [0.15, 0.2) is 16.7 Å². The first-order valence-corrected chi connectivity index (χ1v) is 7.30. The van der Waals surface area contributed by atoms with Crippen molar-refractivity contribution in [3.63, 3.8) is 0 Å². The molecule has 6 heteroatoms. The van der Waals surface area contributed by atoms with Crippen molar-refractivity contribution in [2.45, 2.75) is 43.8 Å². The van der Waals surface area contributed by atoms with E-state index in [1.54, 1.807) is 0 Å². The lowest BCUT2D eigenvalue weighted by molar-refractivity contribution is 0.0915. The Labute approximate surface area is 127 Å². The zero-order chi connectivity index (χ0) is 12.7. The molecule has 2 N–H and O–H groups in total. The van der Waals surface area contributed by atoms with E-state index in [0.717, 1.165) is 17.3 Å².